The molecule has 12 heavy (non-hydrogen) atoms. The van der Waals surface area contributed by atoms with Crippen LogP contribution in [0.2, 0.25) is 0 Å². The van der Waals surface area contributed by atoms with Gasteiger partial charge in [0.2, 0.25) is 0 Å². The van der Waals surface area contributed by atoms with Crippen LogP contribution in [0.3, 0.4) is 0 Å². The molecule has 0 saturated heterocycles. The minimum Gasteiger partial charge on any atom is -0.496 e. The van der Waals surface area contributed by atoms with Gasteiger partial charge >= 0.3 is 0 Å². The second-order valence-electron chi connectivity index (χ2n) is 2.94. The fourth-order valence-corrected chi connectivity index (χ4v) is 1.38. The van der Waals surface area contributed by atoms with Gasteiger partial charge in [-0.25, -0.2) is 0 Å². The second kappa shape index (κ2) is 5.44. The lowest BCUT2D eigenvalue weighted by atomic mass is 10.1. The van der Waals surface area contributed by atoms with Gasteiger partial charge in [0.1, 0.15) is 11.9 Å². The van der Waals surface area contributed by atoms with Crippen molar-refractivity contribution >= 4 is 11.6 Å². The quantitative estimate of drug-likeness (QED) is 0.688. The predicted octanol–water partition coefficient (Wildman–Crippen LogP) is 2.06. The van der Waals surface area contributed by atoms with Gasteiger partial charge in [0.05, 0.1) is 6.61 Å². The summed E-state index contributed by atoms with van der Waals surface area (Å²) in [5.41, 5.74) is 0. The normalized spacial score (nSPS) is 19.7. The van der Waals surface area contributed by atoms with Gasteiger partial charge in [-0.2, -0.15) is 0 Å². The maximum absolute atomic E-state index is 9.55. The van der Waals surface area contributed by atoms with Crippen LogP contribution in [0.4, 0.5) is 0 Å². The maximum atomic E-state index is 9.55. The van der Waals surface area contributed by atoms with Gasteiger partial charge in [0.15, 0.2) is 0 Å². The van der Waals surface area contributed by atoms with Crippen molar-refractivity contribution in [3.05, 3.63) is 11.8 Å². The molecule has 0 aliphatic carbocycles. The van der Waals surface area contributed by atoms with E-state index in [9.17, 15) is 5.11 Å². The van der Waals surface area contributed by atoms with Crippen molar-refractivity contribution in [1.29, 1.82) is 0 Å². The summed E-state index contributed by atoms with van der Waals surface area (Å²) in [6.07, 6.45) is 5.16. The molecular weight excluding hydrogens is 176 g/mol. The van der Waals surface area contributed by atoms with E-state index in [0.717, 1.165) is 31.6 Å². The summed E-state index contributed by atoms with van der Waals surface area (Å²) >= 11 is 5.51. The van der Waals surface area contributed by atoms with Crippen LogP contribution in [-0.4, -0.2) is 23.7 Å². The van der Waals surface area contributed by atoms with Gasteiger partial charge in [-0.15, -0.1) is 11.6 Å². The highest BCUT2D eigenvalue weighted by Gasteiger charge is 2.13. The lowest BCUT2D eigenvalue weighted by molar-refractivity contribution is 0.0864. The Labute approximate surface area is 78.2 Å². The van der Waals surface area contributed by atoms with Crippen molar-refractivity contribution < 1.29 is 9.84 Å². The summed E-state index contributed by atoms with van der Waals surface area (Å²) < 4.78 is 5.30. The number of ether oxygens (including phenoxy) is 1. The molecule has 0 aromatic rings. The summed E-state index contributed by atoms with van der Waals surface area (Å²) in [6.45, 7) is 0.740. The Kier molecular flexibility index (Phi) is 4.48. The highest BCUT2D eigenvalue weighted by atomic mass is 35.5. The second-order valence-corrected chi connectivity index (χ2v) is 3.32. The summed E-state index contributed by atoms with van der Waals surface area (Å²) in [5, 5.41) is 9.55. The van der Waals surface area contributed by atoms with Gasteiger partial charge in [-0.3, -0.25) is 0 Å². The lowest BCUT2D eigenvalue weighted by Crippen LogP contribution is -2.16. The van der Waals surface area contributed by atoms with E-state index in [4.69, 9.17) is 16.3 Å². The van der Waals surface area contributed by atoms with Crippen molar-refractivity contribution in [1.82, 2.24) is 0 Å². The molecule has 0 aromatic heterocycles. The Morgan fingerprint density at radius 1 is 1.67 bits per heavy atom. The smallest absolute Gasteiger partial charge is 0.120 e. The standard InChI is InChI=1S/C9H15ClO2/c10-6-3-4-8(11)9-5-1-2-7-12-9/h5,8,11H,1-4,6-7H2. The van der Waals surface area contributed by atoms with Crippen LogP contribution in [0.25, 0.3) is 0 Å². The molecular formula is C9H15ClO2. The Hall–Kier alpha value is -0.210. The zero-order chi connectivity index (χ0) is 8.81. The first-order valence-corrected chi connectivity index (χ1v) is 4.95. The van der Waals surface area contributed by atoms with Gasteiger partial charge < -0.3 is 9.84 Å². The van der Waals surface area contributed by atoms with Crippen LogP contribution in [0, 0.1) is 0 Å². The first kappa shape index (κ1) is 9.87. The van der Waals surface area contributed by atoms with Crippen molar-refractivity contribution in [2.24, 2.45) is 0 Å². The fraction of sp³-hybridized carbons (Fsp3) is 0.778. The van der Waals surface area contributed by atoms with Gasteiger partial charge in [0.25, 0.3) is 0 Å². The number of aliphatic hydroxyl groups is 1. The average Bonchev–Trinajstić information content (AvgIpc) is 2.15. The van der Waals surface area contributed by atoms with Crippen molar-refractivity contribution in [2.45, 2.75) is 31.8 Å². The third kappa shape index (κ3) is 3.03. The van der Waals surface area contributed by atoms with E-state index in [1.807, 2.05) is 6.08 Å². The maximum Gasteiger partial charge on any atom is 0.120 e. The molecule has 1 aliphatic heterocycles. The highest BCUT2D eigenvalue weighted by Crippen LogP contribution is 2.16. The van der Waals surface area contributed by atoms with Crippen LogP contribution in [0.1, 0.15) is 25.7 Å². The summed E-state index contributed by atoms with van der Waals surface area (Å²) in [4.78, 5) is 0. The minimum atomic E-state index is -0.441. The molecule has 0 saturated carbocycles. The number of alkyl halides is 1. The molecule has 0 spiro atoms. The minimum absolute atomic E-state index is 0.441. The molecule has 1 atom stereocenters. The van der Waals surface area contributed by atoms with E-state index in [1.165, 1.54) is 0 Å². The number of rotatable bonds is 4. The Morgan fingerprint density at radius 2 is 2.50 bits per heavy atom. The van der Waals surface area contributed by atoms with Crippen molar-refractivity contribution in [3.8, 4) is 0 Å². The zero-order valence-electron chi connectivity index (χ0n) is 7.13. The molecule has 1 N–H and O–H groups in total. The molecule has 0 aromatic carbocycles. The Bertz CT molecular complexity index is 157. The number of allylic oxidation sites excluding steroid dienone is 1. The summed E-state index contributed by atoms with van der Waals surface area (Å²) in [7, 11) is 0. The van der Waals surface area contributed by atoms with E-state index in [2.05, 4.69) is 0 Å². The molecule has 0 radical (unpaired) electrons. The predicted molar refractivity (Wildman–Crippen MR) is 49.2 cm³/mol. The van der Waals surface area contributed by atoms with Gasteiger partial charge in [-0.05, 0) is 31.8 Å². The zero-order valence-corrected chi connectivity index (χ0v) is 7.89. The van der Waals surface area contributed by atoms with E-state index in [0.29, 0.717) is 12.3 Å². The molecule has 0 amide bonds. The summed E-state index contributed by atoms with van der Waals surface area (Å²) in [6, 6.07) is 0. The molecule has 0 fully saturated rings. The number of halogens is 1. The molecule has 2 nitrogen and oxygen atoms in total. The van der Waals surface area contributed by atoms with Crippen LogP contribution in [0.5, 0.6) is 0 Å². The molecule has 70 valence electrons. The molecule has 0 bridgehead atoms. The molecule has 3 heteroatoms. The third-order valence-electron chi connectivity index (χ3n) is 1.90. The largest absolute Gasteiger partial charge is 0.496 e. The third-order valence-corrected chi connectivity index (χ3v) is 2.17. The Morgan fingerprint density at radius 3 is 3.08 bits per heavy atom. The highest BCUT2D eigenvalue weighted by molar-refractivity contribution is 6.17. The molecule has 1 rings (SSSR count). The molecule has 1 unspecified atom stereocenters. The SMILES string of the molecule is OC(CCCCl)C1=CCCCO1. The molecule has 1 heterocycles. The first-order chi connectivity index (χ1) is 5.84. The number of aliphatic hydroxyl groups excluding tert-OH is 1. The summed E-state index contributed by atoms with van der Waals surface area (Å²) in [5.74, 6) is 1.34. The van der Waals surface area contributed by atoms with Gasteiger partial charge in [0, 0.05) is 5.88 Å². The van der Waals surface area contributed by atoms with Gasteiger partial charge in [-0.1, -0.05) is 0 Å². The lowest BCUT2D eigenvalue weighted by Gasteiger charge is -2.19. The molecule has 1 aliphatic rings. The van der Waals surface area contributed by atoms with E-state index < -0.39 is 6.10 Å². The van der Waals surface area contributed by atoms with Crippen LogP contribution < -0.4 is 0 Å². The monoisotopic (exact) mass is 190 g/mol. The van der Waals surface area contributed by atoms with E-state index >= 15 is 0 Å². The first-order valence-electron chi connectivity index (χ1n) is 4.41. The van der Waals surface area contributed by atoms with Crippen molar-refractivity contribution in [3.63, 3.8) is 0 Å². The average molecular weight is 191 g/mol. The van der Waals surface area contributed by atoms with Crippen LogP contribution in [-0.2, 0) is 4.74 Å². The van der Waals surface area contributed by atoms with E-state index in [-0.39, 0.29) is 0 Å². The number of hydrogen-bond donors (Lipinski definition) is 1. The Balaban J connectivity index is 2.29. The number of hydrogen-bond acceptors (Lipinski definition) is 2. The van der Waals surface area contributed by atoms with E-state index in [1.54, 1.807) is 0 Å². The fourth-order valence-electron chi connectivity index (χ4n) is 1.22. The van der Waals surface area contributed by atoms with Crippen molar-refractivity contribution in [2.75, 3.05) is 12.5 Å². The van der Waals surface area contributed by atoms with Crippen LogP contribution >= 0.6 is 11.6 Å². The topological polar surface area (TPSA) is 29.5 Å². The van der Waals surface area contributed by atoms with Crippen LogP contribution in [0.15, 0.2) is 11.8 Å².